The minimum atomic E-state index is 0.0693. The number of hydrogen-bond donors (Lipinski definition) is 1. The van der Waals surface area contributed by atoms with Gasteiger partial charge in [0.05, 0.1) is 0 Å². The Labute approximate surface area is 103 Å². The lowest BCUT2D eigenvalue weighted by atomic mass is 10.1. The topological polar surface area (TPSA) is 46.3 Å². The van der Waals surface area contributed by atoms with Gasteiger partial charge in [0.1, 0.15) is 0 Å². The molecule has 0 saturated heterocycles. The molecule has 0 bridgehead atoms. The molecule has 1 unspecified atom stereocenters. The van der Waals surface area contributed by atoms with Crippen LogP contribution in [0, 0.1) is 12.8 Å². The van der Waals surface area contributed by atoms with Gasteiger partial charge in [-0.05, 0) is 56.4 Å². The van der Waals surface area contributed by atoms with E-state index in [0.29, 0.717) is 23.2 Å². The Morgan fingerprint density at radius 3 is 2.59 bits per heavy atom. The Morgan fingerprint density at radius 1 is 1.41 bits per heavy atom. The van der Waals surface area contributed by atoms with Gasteiger partial charge in [-0.3, -0.25) is 4.79 Å². The third kappa shape index (κ3) is 2.60. The van der Waals surface area contributed by atoms with Gasteiger partial charge >= 0.3 is 0 Å². The van der Waals surface area contributed by atoms with Crippen molar-refractivity contribution in [1.82, 2.24) is 4.90 Å². The number of benzene rings is 1. The van der Waals surface area contributed by atoms with E-state index in [1.54, 1.807) is 6.07 Å². The third-order valence-electron chi connectivity index (χ3n) is 3.58. The van der Waals surface area contributed by atoms with E-state index in [2.05, 4.69) is 6.92 Å². The summed E-state index contributed by atoms with van der Waals surface area (Å²) >= 11 is 0. The second kappa shape index (κ2) is 4.40. The van der Waals surface area contributed by atoms with Crippen LogP contribution in [0.25, 0.3) is 0 Å². The molecule has 1 amide bonds. The van der Waals surface area contributed by atoms with Crippen molar-refractivity contribution in [3.63, 3.8) is 0 Å². The summed E-state index contributed by atoms with van der Waals surface area (Å²) in [4.78, 5) is 14.1. The van der Waals surface area contributed by atoms with Crippen LogP contribution >= 0.6 is 0 Å². The van der Waals surface area contributed by atoms with Gasteiger partial charge in [-0.1, -0.05) is 0 Å². The highest BCUT2D eigenvalue weighted by Crippen LogP contribution is 2.35. The summed E-state index contributed by atoms with van der Waals surface area (Å²) in [7, 11) is 1.88. The van der Waals surface area contributed by atoms with E-state index in [4.69, 9.17) is 5.73 Å². The van der Waals surface area contributed by atoms with Crippen LogP contribution in [-0.2, 0) is 0 Å². The third-order valence-corrected chi connectivity index (χ3v) is 3.58. The monoisotopic (exact) mass is 232 g/mol. The number of nitrogens with zero attached hydrogens (tertiary/aromatic N) is 1. The number of carbonyl (C=O) groups is 1. The zero-order chi connectivity index (χ0) is 12.6. The van der Waals surface area contributed by atoms with Crippen LogP contribution in [0.15, 0.2) is 18.2 Å². The molecule has 0 spiro atoms. The molecule has 1 fully saturated rings. The molecule has 17 heavy (non-hydrogen) atoms. The maximum Gasteiger partial charge on any atom is 0.253 e. The Hall–Kier alpha value is -1.51. The largest absolute Gasteiger partial charge is 0.399 e. The molecule has 92 valence electrons. The molecular weight excluding hydrogens is 212 g/mol. The van der Waals surface area contributed by atoms with Gasteiger partial charge in [0.2, 0.25) is 0 Å². The number of hydrogen-bond acceptors (Lipinski definition) is 2. The number of nitrogens with two attached hydrogens (primary N) is 1. The second-order valence-electron chi connectivity index (χ2n) is 5.13. The predicted octanol–water partition coefficient (Wildman–Crippen LogP) is 2.45. The van der Waals surface area contributed by atoms with Gasteiger partial charge in [0.25, 0.3) is 5.91 Å². The van der Waals surface area contributed by atoms with Crippen molar-refractivity contribution in [3.8, 4) is 0 Å². The minimum absolute atomic E-state index is 0.0693. The quantitative estimate of drug-likeness (QED) is 0.814. The molecule has 0 aliphatic heterocycles. The van der Waals surface area contributed by atoms with Crippen molar-refractivity contribution in [3.05, 3.63) is 29.3 Å². The second-order valence-corrected chi connectivity index (χ2v) is 5.13. The number of anilines is 1. The lowest BCUT2D eigenvalue weighted by Crippen LogP contribution is -2.36. The van der Waals surface area contributed by atoms with Crippen LogP contribution in [0.3, 0.4) is 0 Å². The first kappa shape index (κ1) is 12.0. The highest BCUT2D eigenvalue weighted by molar-refractivity contribution is 5.95. The molecule has 0 heterocycles. The number of amides is 1. The van der Waals surface area contributed by atoms with E-state index in [-0.39, 0.29) is 5.91 Å². The molecular formula is C14H20N2O. The SMILES string of the molecule is Cc1cc(N)cc(C(=O)N(C)C(C)C2CC2)c1. The number of aryl methyl sites for hydroxylation is 1. The first-order chi connectivity index (χ1) is 7.99. The van der Waals surface area contributed by atoms with Gasteiger partial charge in [0.15, 0.2) is 0 Å². The van der Waals surface area contributed by atoms with E-state index in [0.717, 1.165) is 5.56 Å². The maximum absolute atomic E-state index is 12.3. The first-order valence-corrected chi connectivity index (χ1v) is 6.13. The van der Waals surface area contributed by atoms with E-state index in [1.807, 2.05) is 31.0 Å². The van der Waals surface area contributed by atoms with Crippen LogP contribution in [0.4, 0.5) is 5.69 Å². The lowest BCUT2D eigenvalue weighted by Gasteiger charge is -2.25. The molecule has 2 rings (SSSR count). The summed E-state index contributed by atoms with van der Waals surface area (Å²) in [6.45, 7) is 4.08. The number of rotatable bonds is 3. The van der Waals surface area contributed by atoms with Crippen molar-refractivity contribution in [2.75, 3.05) is 12.8 Å². The summed E-state index contributed by atoms with van der Waals surface area (Å²) in [6.07, 6.45) is 2.49. The fourth-order valence-electron chi connectivity index (χ4n) is 2.22. The van der Waals surface area contributed by atoms with Crippen LogP contribution in [0.2, 0.25) is 0 Å². The average molecular weight is 232 g/mol. The molecule has 0 aromatic heterocycles. The Balaban J connectivity index is 2.17. The smallest absolute Gasteiger partial charge is 0.253 e. The molecule has 1 saturated carbocycles. The normalized spacial score (nSPS) is 16.6. The summed E-state index contributed by atoms with van der Waals surface area (Å²) in [5.74, 6) is 0.755. The van der Waals surface area contributed by atoms with Crippen LogP contribution in [0.5, 0.6) is 0 Å². The summed E-state index contributed by atoms with van der Waals surface area (Å²) in [5.41, 5.74) is 8.15. The molecule has 3 heteroatoms. The van der Waals surface area contributed by atoms with E-state index in [9.17, 15) is 4.79 Å². The van der Waals surface area contributed by atoms with Gasteiger partial charge in [0, 0.05) is 24.3 Å². The zero-order valence-corrected chi connectivity index (χ0v) is 10.7. The fourth-order valence-corrected chi connectivity index (χ4v) is 2.22. The molecule has 2 N–H and O–H groups in total. The predicted molar refractivity (Wildman–Crippen MR) is 69.9 cm³/mol. The molecule has 0 radical (unpaired) electrons. The van der Waals surface area contributed by atoms with Crippen LogP contribution in [-0.4, -0.2) is 23.9 Å². The van der Waals surface area contributed by atoms with Crippen molar-refractivity contribution in [2.24, 2.45) is 5.92 Å². The van der Waals surface area contributed by atoms with E-state index in [1.165, 1.54) is 12.8 Å². The first-order valence-electron chi connectivity index (χ1n) is 6.13. The maximum atomic E-state index is 12.3. The Bertz CT molecular complexity index is 418. The highest BCUT2D eigenvalue weighted by atomic mass is 16.2. The number of nitrogen functional groups attached to an aromatic ring is 1. The fraction of sp³-hybridized carbons (Fsp3) is 0.500. The van der Waals surface area contributed by atoms with Gasteiger partial charge in [-0.25, -0.2) is 0 Å². The van der Waals surface area contributed by atoms with Crippen molar-refractivity contribution in [2.45, 2.75) is 32.7 Å². The molecule has 1 aromatic carbocycles. The molecule has 1 atom stereocenters. The van der Waals surface area contributed by atoms with Gasteiger partial charge in [-0.15, -0.1) is 0 Å². The summed E-state index contributed by atoms with van der Waals surface area (Å²) < 4.78 is 0. The summed E-state index contributed by atoms with van der Waals surface area (Å²) in [6, 6.07) is 5.85. The average Bonchev–Trinajstić information content (AvgIpc) is 3.08. The van der Waals surface area contributed by atoms with Crippen molar-refractivity contribution in [1.29, 1.82) is 0 Å². The summed E-state index contributed by atoms with van der Waals surface area (Å²) in [5, 5.41) is 0. The van der Waals surface area contributed by atoms with Crippen molar-refractivity contribution < 1.29 is 4.79 Å². The molecule has 3 nitrogen and oxygen atoms in total. The Morgan fingerprint density at radius 2 is 2.06 bits per heavy atom. The standard InChI is InChI=1S/C14H20N2O/c1-9-6-12(8-13(15)7-9)14(17)16(3)10(2)11-4-5-11/h6-8,10-11H,4-5,15H2,1-3H3. The zero-order valence-electron chi connectivity index (χ0n) is 10.7. The molecule has 1 aliphatic rings. The highest BCUT2D eigenvalue weighted by Gasteiger charge is 2.32. The minimum Gasteiger partial charge on any atom is -0.399 e. The van der Waals surface area contributed by atoms with E-state index < -0.39 is 0 Å². The van der Waals surface area contributed by atoms with Crippen LogP contribution < -0.4 is 5.73 Å². The van der Waals surface area contributed by atoms with E-state index >= 15 is 0 Å². The molecule has 1 aromatic rings. The van der Waals surface area contributed by atoms with Gasteiger partial charge in [-0.2, -0.15) is 0 Å². The van der Waals surface area contributed by atoms with Crippen molar-refractivity contribution >= 4 is 11.6 Å². The Kier molecular flexibility index (Phi) is 3.09. The lowest BCUT2D eigenvalue weighted by molar-refractivity contribution is 0.0727. The number of carbonyl (C=O) groups excluding carboxylic acids is 1. The van der Waals surface area contributed by atoms with Crippen LogP contribution in [0.1, 0.15) is 35.7 Å². The van der Waals surface area contributed by atoms with Gasteiger partial charge < -0.3 is 10.6 Å². The molecule has 1 aliphatic carbocycles.